The molecule has 6 nitrogen and oxygen atoms in total. The van der Waals surface area contributed by atoms with Crippen molar-refractivity contribution in [1.82, 2.24) is 20.1 Å². The number of nitrogens with zero attached hydrogens (tertiary/aromatic N) is 3. The largest absolute Gasteiger partial charge is 0.350 e. The highest BCUT2D eigenvalue weighted by Gasteiger charge is 2.28. The van der Waals surface area contributed by atoms with Crippen molar-refractivity contribution in [2.75, 3.05) is 6.54 Å². The topological polar surface area (TPSA) is 85.8 Å². The highest BCUT2D eigenvalue weighted by atomic mass is 35.5. The second-order valence-corrected chi connectivity index (χ2v) is 6.03. The minimum Gasteiger partial charge on any atom is -0.350 e. The Morgan fingerprint density at radius 1 is 1.39 bits per heavy atom. The summed E-state index contributed by atoms with van der Waals surface area (Å²) < 4.78 is 1.85. The lowest BCUT2D eigenvalue weighted by Gasteiger charge is -2.11. The Balaban J connectivity index is 0.00000132. The first-order valence-electron chi connectivity index (χ1n) is 7.43. The zero-order chi connectivity index (χ0) is 15.0. The maximum absolute atomic E-state index is 12.1. The van der Waals surface area contributed by atoms with Crippen LogP contribution in [0.25, 0.3) is 11.0 Å². The zero-order valence-electron chi connectivity index (χ0n) is 13.2. The Bertz CT molecular complexity index is 669. The highest BCUT2D eigenvalue weighted by molar-refractivity contribution is 5.96. The fourth-order valence-electron chi connectivity index (χ4n) is 2.45. The SMILES string of the molecule is CC(C)n1ncc2cc(C(=O)NCC(N)C3CC3)cnc21.Cl.Cl. The van der Waals surface area contributed by atoms with E-state index in [2.05, 4.69) is 15.4 Å². The van der Waals surface area contributed by atoms with Gasteiger partial charge in [0.15, 0.2) is 5.65 Å². The van der Waals surface area contributed by atoms with Crippen molar-refractivity contribution < 1.29 is 4.79 Å². The van der Waals surface area contributed by atoms with Crippen molar-refractivity contribution in [2.45, 2.75) is 38.8 Å². The Labute approximate surface area is 148 Å². The molecule has 1 aliphatic carbocycles. The molecule has 1 unspecified atom stereocenters. The Kier molecular flexibility index (Phi) is 6.80. The summed E-state index contributed by atoms with van der Waals surface area (Å²) >= 11 is 0. The number of pyridine rings is 1. The van der Waals surface area contributed by atoms with E-state index in [4.69, 9.17) is 5.73 Å². The number of fused-ring (bicyclic) bond motifs is 1. The fraction of sp³-hybridized carbons (Fsp3) is 0.533. The van der Waals surface area contributed by atoms with E-state index in [1.165, 1.54) is 12.8 Å². The predicted octanol–water partition coefficient (Wildman–Crippen LogP) is 2.32. The second-order valence-electron chi connectivity index (χ2n) is 6.03. The van der Waals surface area contributed by atoms with Crippen LogP contribution < -0.4 is 11.1 Å². The highest BCUT2D eigenvalue weighted by Crippen LogP contribution is 2.31. The summed E-state index contributed by atoms with van der Waals surface area (Å²) in [6, 6.07) is 2.13. The van der Waals surface area contributed by atoms with Crippen LogP contribution in [0.3, 0.4) is 0 Å². The fourth-order valence-corrected chi connectivity index (χ4v) is 2.45. The molecule has 2 heterocycles. The summed E-state index contributed by atoms with van der Waals surface area (Å²) in [5.41, 5.74) is 7.34. The number of nitrogens with one attached hydrogen (secondary N) is 1. The van der Waals surface area contributed by atoms with E-state index in [0.717, 1.165) is 11.0 Å². The van der Waals surface area contributed by atoms with Crippen molar-refractivity contribution in [2.24, 2.45) is 11.7 Å². The quantitative estimate of drug-likeness (QED) is 0.857. The first-order chi connectivity index (χ1) is 10.1. The Morgan fingerprint density at radius 2 is 2.09 bits per heavy atom. The molecule has 1 atom stereocenters. The molecule has 1 aliphatic rings. The van der Waals surface area contributed by atoms with Crippen LogP contribution in [-0.2, 0) is 0 Å². The lowest BCUT2D eigenvalue weighted by molar-refractivity contribution is 0.0950. The molecule has 0 aromatic carbocycles. The van der Waals surface area contributed by atoms with Gasteiger partial charge in [-0.05, 0) is 38.7 Å². The third-order valence-electron chi connectivity index (χ3n) is 3.91. The number of nitrogens with two attached hydrogens (primary N) is 1. The Hall–Kier alpha value is -1.37. The number of rotatable bonds is 5. The normalized spacial score (nSPS) is 15.0. The second kappa shape index (κ2) is 7.95. The molecule has 3 rings (SSSR count). The van der Waals surface area contributed by atoms with Gasteiger partial charge in [0.1, 0.15) is 0 Å². The number of hydrogen-bond acceptors (Lipinski definition) is 4. The summed E-state index contributed by atoms with van der Waals surface area (Å²) in [7, 11) is 0. The molecule has 0 aliphatic heterocycles. The molecule has 0 radical (unpaired) electrons. The molecular formula is C15H23Cl2N5O. The molecule has 1 saturated carbocycles. The average Bonchev–Trinajstić information content (AvgIpc) is 3.23. The molecule has 2 aromatic rings. The summed E-state index contributed by atoms with van der Waals surface area (Å²) in [5, 5.41) is 8.06. The van der Waals surface area contributed by atoms with Gasteiger partial charge in [-0.15, -0.1) is 24.8 Å². The van der Waals surface area contributed by atoms with E-state index in [0.29, 0.717) is 18.0 Å². The summed E-state index contributed by atoms with van der Waals surface area (Å²) in [6.45, 7) is 4.62. The Morgan fingerprint density at radius 3 is 2.70 bits per heavy atom. The number of hydrogen-bond donors (Lipinski definition) is 2. The third-order valence-corrected chi connectivity index (χ3v) is 3.91. The number of aromatic nitrogens is 3. The minimum atomic E-state index is -0.127. The van der Waals surface area contributed by atoms with Crippen molar-refractivity contribution in [3.8, 4) is 0 Å². The van der Waals surface area contributed by atoms with E-state index in [9.17, 15) is 4.79 Å². The van der Waals surface area contributed by atoms with Crippen molar-refractivity contribution >= 4 is 41.8 Å². The molecule has 3 N–H and O–H groups in total. The number of halogens is 2. The number of carbonyl (C=O) groups excluding carboxylic acids is 1. The van der Waals surface area contributed by atoms with Crippen molar-refractivity contribution in [3.63, 3.8) is 0 Å². The van der Waals surface area contributed by atoms with Crippen molar-refractivity contribution in [1.29, 1.82) is 0 Å². The molecule has 0 saturated heterocycles. The van der Waals surface area contributed by atoms with Gasteiger partial charge in [-0.3, -0.25) is 4.79 Å². The third kappa shape index (κ3) is 4.34. The van der Waals surface area contributed by atoms with Crippen molar-refractivity contribution in [3.05, 3.63) is 24.0 Å². The van der Waals surface area contributed by atoms with Gasteiger partial charge in [0.25, 0.3) is 5.91 Å². The van der Waals surface area contributed by atoms with Crippen LogP contribution in [0.1, 0.15) is 43.1 Å². The van der Waals surface area contributed by atoms with Crippen LogP contribution >= 0.6 is 24.8 Å². The number of amides is 1. The van der Waals surface area contributed by atoms with Gasteiger partial charge in [0.2, 0.25) is 0 Å². The molecular weight excluding hydrogens is 337 g/mol. The molecule has 2 aromatic heterocycles. The van der Waals surface area contributed by atoms with Gasteiger partial charge < -0.3 is 11.1 Å². The number of carbonyl (C=O) groups is 1. The van der Waals surface area contributed by atoms with E-state index in [-0.39, 0.29) is 42.8 Å². The molecule has 1 fully saturated rings. The standard InChI is InChI=1S/C15H21N5O.2ClH/c1-9(2)20-14-11(7-19-20)5-12(6-17-14)15(21)18-8-13(16)10-3-4-10;;/h5-7,9-10,13H,3-4,8,16H2,1-2H3,(H,18,21);2*1H. The summed E-state index contributed by atoms with van der Waals surface area (Å²) in [6.07, 6.45) is 5.70. The van der Waals surface area contributed by atoms with Gasteiger partial charge in [0.05, 0.1) is 11.8 Å². The molecule has 8 heteroatoms. The smallest absolute Gasteiger partial charge is 0.252 e. The van der Waals surface area contributed by atoms with E-state index >= 15 is 0 Å². The van der Waals surface area contributed by atoms with Crippen LogP contribution in [0.5, 0.6) is 0 Å². The monoisotopic (exact) mass is 359 g/mol. The van der Waals surface area contributed by atoms with Gasteiger partial charge in [-0.1, -0.05) is 0 Å². The predicted molar refractivity (Wildman–Crippen MR) is 95.4 cm³/mol. The molecule has 1 amide bonds. The molecule has 23 heavy (non-hydrogen) atoms. The van der Waals surface area contributed by atoms with Crippen LogP contribution in [0, 0.1) is 5.92 Å². The maximum atomic E-state index is 12.1. The molecule has 0 bridgehead atoms. The average molecular weight is 360 g/mol. The van der Waals surface area contributed by atoms with Gasteiger partial charge in [-0.2, -0.15) is 5.10 Å². The lowest BCUT2D eigenvalue weighted by Crippen LogP contribution is -2.38. The van der Waals surface area contributed by atoms with Gasteiger partial charge in [0, 0.05) is 30.2 Å². The lowest BCUT2D eigenvalue weighted by atomic mass is 10.2. The van der Waals surface area contributed by atoms with E-state index < -0.39 is 0 Å². The first-order valence-corrected chi connectivity index (χ1v) is 7.43. The zero-order valence-corrected chi connectivity index (χ0v) is 14.9. The van der Waals surface area contributed by atoms with Crippen LogP contribution in [-0.4, -0.2) is 33.3 Å². The maximum Gasteiger partial charge on any atom is 0.252 e. The first kappa shape index (κ1) is 19.7. The minimum absolute atomic E-state index is 0. The van der Waals surface area contributed by atoms with E-state index in [1.54, 1.807) is 12.4 Å². The van der Waals surface area contributed by atoms with Crippen LogP contribution in [0.4, 0.5) is 0 Å². The summed E-state index contributed by atoms with van der Waals surface area (Å²) in [4.78, 5) is 16.5. The molecule has 128 valence electrons. The molecule has 0 spiro atoms. The van der Waals surface area contributed by atoms with Gasteiger partial charge >= 0.3 is 0 Å². The van der Waals surface area contributed by atoms with E-state index in [1.807, 2.05) is 24.6 Å². The van der Waals surface area contributed by atoms with Crippen LogP contribution in [0.15, 0.2) is 18.5 Å². The van der Waals surface area contributed by atoms with Crippen LogP contribution in [0.2, 0.25) is 0 Å². The van der Waals surface area contributed by atoms with Gasteiger partial charge in [-0.25, -0.2) is 9.67 Å². The summed E-state index contributed by atoms with van der Waals surface area (Å²) in [5.74, 6) is 0.452.